The number of aliphatic hydroxyl groups is 1. The molecule has 2 aliphatic rings. The number of nitrogens with one attached hydrogen (secondary N) is 1. The number of carbonyl (C=O) groups excluding carboxylic acids is 1. The Morgan fingerprint density at radius 1 is 1.45 bits per heavy atom. The van der Waals surface area contributed by atoms with Crippen molar-refractivity contribution in [3.63, 3.8) is 0 Å². The molecule has 22 heavy (non-hydrogen) atoms. The van der Waals surface area contributed by atoms with Gasteiger partial charge < -0.3 is 19.9 Å². The molecule has 0 radical (unpaired) electrons. The van der Waals surface area contributed by atoms with E-state index in [0.717, 1.165) is 19.4 Å². The van der Waals surface area contributed by atoms with E-state index in [1.54, 1.807) is 24.1 Å². The molecular weight excluding hydrogens is 280 g/mol. The van der Waals surface area contributed by atoms with Crippen molar-refractivity contribution in [2.75, 3.05) is 13.6 Å². The monoisotopic (exact) mass is 306 g/mol. The maximum atomic E-state index is 12.3. The Hall–Kier alpha value is -1.40. The van der Waals surface area contributed by atoms with E-state index in [4.69, 9.17) is 0 Å². The number of hydrogen-bond acceptors (Lipinski definition) is 4. The number of aliphatic hydroxyl groups excluding tert-OH is 1. The Morgan fingerprint density at radius 3 is 2.73 bits per heavy atom. The SMILES string of the molecule is CC(C)C1N(C)CC12C[C@@H](O)[C@H](NC(=O)c1cncn1C)C2. The first-order valence-electron chi connectivity index (χ1n) is 7.99. The van der Waals surface area contributed by atoms with Crippen molar-refractivity contribution in [1.82, 2.24) is 19.8 Å². The maximum Gasteiger partial charge on any atom is 0.269 e. The van der Waals surface area contributed by atoms with Crippen LogP contribution in [0.4, 0.5) is 0 Å². The number of aromatic nitrogens is 2. The van der Waals surface area contributed by atoms with Gasteiger partial charge in [0.15, 0.2) is 0 Å². The predicted octanol–water partition coefficient (Wildman–Crippen LogP) is 0.630. The molecule has 1 saturated heterocycles. The van der Waals surface area contributed by atoms with Crippen molar-refractivity contribution < 1.29 is 9.90 Å². The lowest BCUT2D eigenvalue weighted by Crippen LogP contribution is -2.64. The predicted molar refractivity (Wildman–Crippen MR) is 83.4 cm³/mol. The maximum absolute atomic E-state index is 12.3. The normalized spacial score (nSPS) is 35.1. The van der Waals surface area contributed by atoms with Gasteiger partial charge in [0, 0.05) is 25.0 Å². The number of carbonyl (C=O) groups is 1. The summed E-state index contributed by atoms with van der Waals surface area (Å²) in [6.07, 6.45) is 4.33. The van der Waals surface area contributed by atoms with Crippen LogP contribution in [0.5, 0.6) is 0 Å². The molecule has 122 valence electrons. The Balaban J connectivity index is 1.70. The Bertz CT molecular complexity index is 565. The van der Waals surface area contributed by atoms with Crippen molar-refractivity contribution >= 4 is 5.91 Å². The lowest BCUT2D eigenvalue weighted by Gasteiger charge is -2.57. The van der Waals surface area contributed by atoms with Crippen molar-refractivity contribution in [2.45, 2.75) is 44.9 Å². The van der Waals surface area contributed by atoms with E-state index in [9.17, 15) is 9.90 Å². The Kier molecular flexibility index (Phi) is 3.77. The van der Waals surface area contributed by atoms with Gasteiger partial charge in [-0.2, -0.15) is 0 Å². The number of hydrogen-bond donors (Lipinski definition) is 2. The second kappa shape index (κ2) is 5.35. The van der Waals surface area contributed by atoms with Crippen LogP contribution in [0.2, 0.25) is 0 Å². The first-order valence-corrected chi connectivity index (χ1v) is 7.99. The molecule has 1 aromatic rings. The van der Waals surface area contributed by atoms with E-state index < -0.39 is 6.10 Å². The van der Waals surface area contributed by atoms with Crippen LogP contribution in [0.25, 0.3) is 0 Å². The van der Waals surface area contributed by atoms with Gasteiger partial charge in [0.05, 0.1) is 24.7 Å². The van der Waals surface area contributed by atoms with Gasteiger partial charge in [-0.05, 0) is 25.8 Å². The van der Waals surface area contributed by atoms with Crippen LogP contribution in [0.3, 0.4) is 0 Å². The summed E-state index contributed by atoms with van der Waals surface area (Å²) in [4.78, 5) is 18.7. The van der Waals surface area contributed by atoms with E-state index in [2.05, 4.69) is 36.1 Å². The summed E-state index contributed by atoms with van der Waals surface area (Å²) in [5.74, 6) is 0.396. The van der Waals surface area contributed by atoms with Crippen LogP contribution in [-0.4, -0.2) is 57.2 Å². The van der Waals surface area contributed by atoms with Gasteiger partial charge in [0.2, 0.25) is 0 Å². The minimum Gasteiger partial charge on any atom is -0.391 e. The molecule has 1 aromatic heterocycles. The molecule has 1 aliphatic heterocycles. The standard InChI is InChI=1S/C16H26N4O2/c1-10(2)14-16(8-19(14)3)5-11(13(21)6-16)18-15(22)12-7-17-9-20(12)4/h7,9-11,13-14,21H,5-6,8H2,1-4H3,(H,18,22)/t11-,13-,14?,16?/m1/s1. The average molecular weight is 306 g/mol. The fourth-order valence-corrected chi connectivity index (χ4v) is 4.81. The smallest absolute Gasteiger partial charge is 0.269 e. The van der Waals surface area contributed by atoms with Crippen LogP contribution < -0.4 is 5.32 Å². The molecular formula is C16H26N4O2. The molecule has 6 nitrogen and oxygen atoms in total. The van der Waals surface area contributed by atoms with Gasteiger partial charge in [-0.1, -0.05) is 13.8 Å². The van der Waals surface area contributed by atoms with Crippen molar-refractivity contribution in [3.8, 4) is 0 Å². The topological polar surface area (TPSA) is 70.4 Å². The van der Waals surface area contributed by atoms with E-state index >= 15 is 0 Å². The molecule has 1 saturated carbocycles. The highest BCUT2D eigenvalue weighted by atomic mass is 16.3. The van der Waals surface area contributed by atoms with E-state index in [1.165, 1.54) is 0 Å². The highest BCUT2D eigenvalue weighted by Gasteiger charge is 2.58. The summed E-state index contributed by atoms with van der Waals surface area (Å²) < 4.78 is 1.69. The molecule has 2 heterocycles. The van der Waals surface area contributed by atoms with Crippen LogP contribution in [0, 0.1) is 11.3 Å². The lowest BCUT2D eigenvalue weighted by atomic mass is 9.66. The number of imidazole rings is 1. The molecule has 2 fully saturated rings. The zero-order valence-corrected chi connectivity index (χ0v) is 13.8. The number of aryl methyl sites for hydroxylation is 1. The molecule has 4 atom stereocenters. The van der Waals surface area contributed by atoms with Gasteiger partial charge in [-0.3, -0.25) is 4.79 Å². The van der Waals surface area contributed by atoms with Gasteiger partial charge in [-0.15, -0.1) is 0 Å². The first-order chi connectivity index (χ1) is 10.3. The fourth-order valence-electron chi connectivity index (χ4n) is 4.81. The highest BCUT2D eigenvalue weighted by molar-refractivity contribution is 5.92. The number of amides is 1. The Labute approximate surface area is 131 Å². The van der Waals surface area contributed by atoms with Gasteiger partial charge in [0.25, 0.3) is 5.91 Å². The fraction of sp³-hybridized carbons (Fsp3) is 0.750. The summed E-state index contributed by atoms with van der Waals surface area (Å²) in [6, 6.07) is 0.318. The summed E-state index contributed by atoms with van der Waals surface area (Å²) in [5, 5.41) is 13.4. The third-order valence-electron chi connectivity index (χ3n) is 5.37. The van der Waals surface area contributed by atoms with Crippen molar-refractivity contribution in [1.29, 1.82) is 0 Å². The molecule has 0 aromatic carbocycles. The number of likely N-dealkylation sites (tertiary alicyclic amines) is 1. The quantitative estimate of drug-likeness (QED) is 0.859. The molecule has 2 N–H and O–H groups in total. The summed E-state index contributed by atoms with van der Waals surface area (Å²) in [7, 11) is 3.94. The van der Waals surface area contributed by atoms with E-state index in [0.29, 0.717) is 17.7 Å². The summed E-state index contributed by atoms with van der Waals surface area (Å²) in [5.41, 5.74) is 0.673. The third kappa shape index (κ3) is 2.34. The number of nitrogens with zero attached hydrogens (tertiary/aromatic N) is 3. The largest absolute Gasteiger partial charge is 0.391 e. The lowest BCUT2D eigenvalue weighted by molar-refractivity contribution is -0.0827. The van der Waals surface area contributed by atoms with E-state index in [1.807, 2.05) is 0 Å². The van der Waals surface area contributed by atoms with Gasteiger partial charge in [-0.25, -0.2) is 4.98 Å². The summed E-state index contributed by atoms with van der Waals surface area (Å²) in [6.45, 7) is 5.47. The molecule has 6 heteroatoms. The number of rotatable bonds is 3. The second-order valence-corrected chi connectivity index (χ2v) is 7.41. The minimum atomic E-state index is -0.466. The van der Waals surface area contributed by atoms with E-state index in [-0.39, 0.29) is 17.4 Å². The first kappa shape index (κ1) is 15.5. The Morgan fingerprint density at radius 2 is 2.18 bits per heavy atom. The molecule has 2 unspecified atom stereocenters. The summed E-state index contributed by atoms with van der Waals surface area (Å²) >= 11 is 0. The van der Waals surface area contributed by atoms with Crippen LogP contribution in [0.1, 0.15) is 37.2 Å². The van der Waals surface area contributed by atoms with Crippen LogP contribution >= 0.6 is 0 Å². The van der Waals surface area contributed by atoms with Crippen molar-refractivity contribution in [2.24, 2.45) is 18.4 Å². The average Bonchev–Trinajstić information content (AvgIpc) is 2.94. The van der Waals surface area contributed by atoms with Gasteiger partial charge >= 0.3 is 0 Å². The zero-order chi connectivity index (χ0) is 16.1. The zero-order valence-electron chi connectivity index (χ0n) is 13.8. The molecule has 0 bridgehead atoms. The minimum absolute atomic E-state index is 0.146. The van der Waals surface area contributed by atoms with Crippen LogP contribution in [0.15, 0.2) is 12.5 Å². The molecule has 1 aliphatic carbocycles. The second-order valence-electron chi connectivity index (χ2n) is 7.41. The molecule has 1 spiro atoms. The molecule has 1 amide bonds. The van der Waals surface area contributed by atoms with Crippen LogP contribution in [-0.2, 0) is 7.05 Å². The third-order valence-corrected chi connectivity index (χ3v) is 5.37. The highest BCUT2D eigenvalue weighted by Crippen LogP contribution is 2.52. The van der Waals surface area contributed by atoms with Crippen molar-refractivity contribution in [3.05, 3.63) is 18.2 Å². The molecule has 3 rings (SSSR count). The van der Waals surface area contributed by atoms with Gasteiger partial charge in [0.1, 0.15) is 5.69 Å².